The van der Waals surface area contributed by atoms with Crippen LogP contribution in [0.4, 0.5) is 4.79 Å². The number of hydrogen-bond acceptors (Lipinski definition) is 3. The third kappa shape index (κ3) is 3.38. The summed E-state index contributed by atoms with van der Waals surface area (Å²) in [6, 6.07) is 17.8. The quantitative estimate of drug-likeness (QED) is 0.765. The topological polar surface area (TPSA) is 26.3 Å². The number of carbonyl (C=O) groups is 1. The van der Waals surface area contributed by atoms with Crippen LogP contribution in [0.5, 0.6) is 0 Å². The van der Waals surface area contributed by atoms with Gasteiger partial charge in [0.25, 0.3) is 0 Å². The van der Waals surface area contributed by atoms with Crippen molar-refractivity contribution < 1.29 is 9.53 Å². The molecule has 0 fully saturated rings. The van der Waals surface area contributed by atoms with Gasteiger partial charge in [-0.2, -0.15) is 0 Å². The van der Waals surface area contributed by atoms with E-state index in [4.69, 9.17) is 4.74 Å². The van der Waals surface area contributed by atoms with Crippen LogP contribution in [0.2, 0.25) is 0 Å². The zero-order valence-corrected chi connectivity index (χ0v) is 11.8. The number of thioether (sulfide) groups is 1. The molecule has 1 atom stereocenters. The molecule has 2 nitrogen and oxygen atoms in total. The van der Waals surface area contributed by atoms with Gasteiger partial charge >= 0.3 is 5.30 Å². The summed E-state index contributed by atoms with van der Waals surface area (Å²) in [6.45, 7) is 2.03. The molecule has 0 aromatic heterocycles. The van der Waals surface area contributed by atoms with E-state index >= 15 is 0 Å². The van der Waals surface area contributed by atoms with Crippen LogP contribution >= 0.6 is 11.8 Å². The molecule has 0 saturated heterocycles. The third-order valence-corrected chi connectivity index (χ3v) is 3.38. The molecule has 0 radical (unpaired) electrons. The number of rotatable bonds is 3. The zero-order valence-electron chi connectivity index (χ0n) is 11.0. The average molecular weight is 272 g/mol. The van der Waals surface area contributed by atoms with Crippen LogP contribution in [0.3, 0.4) is 0 Å². The number of hydrogen-bond donors (Lipinski definition) is 0. The summed E-state index contributed by atoms with van der Waals surface area (Å²) in [7, 11) is 0. The second-order valence-electron chi connectivity index (χ2n) is 4.22. The molecule has 2 rings (SSSR count). The minimum atomic E-state index is -0.345. The van der Waals surface area contributed by atoms with Crippen LogP contribution in [0, 0.1) is 6.92 Å². The molecular weight excluding hydrogens is 256 g/mol. The second kappa shape index (κ2) is 6.43. The molecule has 3 heteroatoms. The highest BCUT2D eigenvalue weighted by molar-refractivity contribution is 8.12. The maximum absolute atomic E-state index is 11.6. The molecule has 0 aliphatic rings. The SMILES string of the molecule is CSC(=O)OC(c1ccccc1)c1ccccc1C. The third-order valence-electron chi connectivity index (χ3n) is 2.95. The van der Waals surface area contributed by atoms with Gasteiger partial charge in [0.05, 0.1) is 0 Å². The molecule has 0 aliphatic heterocycles. The van der Waals surface area contributed by atoms with Gasteiger partial charge in [-0.3, -0.25) is 0 Å². The number of carbonyl (C=O) groups excluding carboxylic acids is 1. The highest BCUT2D eigenvalue weighted by Gasteiger charge is 2.19. The lowest BCUT2D eigenvalue weighted by Crippen LogP contribution is -2.10. The normalized spacial score (nSPS) is 11.9. The first-order valence-electron chi connectivity index (χ1n) is 6.07. The minimum absolute atomic E-state index is 0.267. The van der Waals surface area contributed by atoms with E-state index < -0.39 is 0 Å². The summed E-state index contributed by atoms with van der Waals surface area (Å²) < 4.78 is 5.58. The van der Waals surface area contributed by atoms with Crippen molar-refractivity contribution in [1.82, 2.24) is 0 Å². The molecule has 0 bridgehead atoms. The van der Waals surface area contributed by atoms with Crippen molar-refractivity contribution in [3.05, 3.63) is 71.3 Å². The van der Waals surface area contributed by atoms with Crippen molar-refractivity contribution >= 4 is 17.1 Å². The van der Waals surface area contributed by atoms with E-state index in [0.717, 1.165) is 28.5 Å². The fourth-order valence-electron chi connectivity index (χ4n) is 1.96. The molecule has 19 heavy (non-hydrogen) atoms. The van der Waals surface area contributed by atoms with E-state index in [-0.39, 0.29) is 11.4 Å². The van der Waals surface area contributed by atoms with Crippen molar-refractivity contribution in [3.63, 3.8) is 0 Å². The number of benzene rings is 2. The lowest BCUT2D eigenvalue weighted by molar-refractivity contribution is 0.144. The van der Waals surface area contributed by atoms with Crippen LogP contribution in [0.25, 0.3) is 0 Å². The zero-order chi connectivity index (χ0) is 13.7. The van der Waals surface area contributed by atoms with Crippen LogP contribution in [0.15, 0.2) is 54.6 Å². The highest BCUT2D eigenvalue weighted by atomic mass is 32.2. The molecule has 0 amide bonds. The van der Waals surface area contributed by atoms with Crippen molar-refractivity contribution in [2.24, 2.45) is 0 Å². The standard InChI is InChI=1S/C16H16O2S/c1-12-8-6-7-11-14(12)15(18-16(17)19-2)13-9-4-3-5-10-13/h3-11,15H,1-2H3. The first-order valence-corrected chi connectivity index (χ1v) is 7.30. The number of ether oxygens (including phenoxy) is 1. The maximum atomic E-state index is 11.6. The van der Waals surface area contributed by atoms with Crippen molar-refractivity contribution in [2.45, 2.75) is 13.0 Å². The Kier molecular flexibility index (Phi) is 4.63. The Bertz CT molecular complexity index is 552. The Morgan fingerprint density at radius 2 is 1.68 bits per heavy atom. The van der Waals surface area contributed by atoms with E-state index in [1.54, 1.807) is 6.26 Å². The molecule has 98 valence electrons. The maximum Gasteiger partial charge on any atom is 0.367 e. The van der Waals surface area contributed by atoms with E-state index in [0.29, 0.717) is 0 Å². The molecular formula is C16H16O2S. The lowest BCUT2D eigenvalue weighted by Gasteiger charge is -2.20. The van der Waals surface area contributed by atoms with Gasteiger partial charge in [-0.15, -0.1) is 0 Å². The molecule has 0 aliphatic carbocycles. The van der Waals surface area contributed by atoms with Crippen LogP contribution in [-0.2, 0) is 4.74 Å². The molecule has 0 spiro atoms. The van der Waals surface area contributed by atoms with Gasteiger partial charge in [0, 0.05) is 0 Å². The molecule has 0 heterocycles. The smallest absolute Gasteiger partial charge is 0.367 e. The first kappa shape index (κ1) is 13.7. The van der Waals surface area contributed by atoms with Crippen molar-refractivity contribution in [2.75, 3.05) is 6.26 Å². The summed E-state index contributed by atoms with van der Waals surface area (Å²) in [6.07, 6.45) is 1.38. The molecule has 2 aromatic rings. The monoisotopic (exact) mass is 272 g/mol. The van der Waals surface area contributed by atoms with E-state index in [2.05, 4.69) is 0 Å². The Morgan fingerprint density at radius 1 is 1.05 bits per heavy atom. The first-order chi connectivity index (χ1) is 9.22. The highest BCUT2D eigenvalue weighted by Crippen LogP contribution is 2.29. The van der Waals surface area contributed by atoms with Gasteiger partial charge in [0.1, 0.15) is 0 Å². The minimum Gasteiger partial charge on any atom is -0.444 e. The molecule has 0 N–H and O–H groups in total. The van der Waals surface area contributed by atoms with E-state index in [9.17, 15) is 4.79 Å². The fraction of sp³-hybridized carbons (Fsp3) is 0.188. The fourth-order valence-corrected chi connectivity index (χ4v) is 2.16. The molecule has 0 saturated carbocycles. The van der Waals surface area contributed by atoms with Gasteiger partial charge in [0.15, 0.2) is 6.10 Å². The van der Waals surface area contributed by atoms with Crippen LogP contribution < -0.4 is 0 Å². The predicted molar refractivity (Wildman–Crippen MR) is 79.5 cm³/mol. The number of aryl methyl sites for hydroxylation is 1. The summed E-state index contributed by atoms with van der Waals surface area (Å²) in [4.78, 5) is 11.6. The summed E-state index contributed by atoms with van der Waals surface area (Å²) in [5, 5.41) is -0.267. The van der Waals surface area contributed by atoms with E-state index in [1.807, 2.05) is 61.5 Å². The van der Waals surface area contributed by atoms with Crippen LogP contribution in [0.1, 0.15) is 22.8 Å². The summed E-state index contributed by atoms with van der Waals surface area (Å²) >= 11 is 1.09. The van der Waals surface area contributed by atoms with E-state index in [1.165, 1.54) is 0 Å². The van der Waals surface area contributed by atoms with Gasteiger partial charge in [-0.25, -0.2) is 4.79 Å². The second-order valence-corrected chi connectivity index (χ2v) is 4.96. The Balaban J connectivity index is 2.40. The summed E-state index contributed by atoms with van der Waals surface area (Å²) in [5.41, 5.74) is 3.13. The van der Waals surface area contributed by atoms with Crippen molar-refractivity contribution in [3.8, 4) is 0 Å². The molecule has 2 aromatic carbocycles. The van der Waals surface area contributed by atoms with Crippen LogP contribution in [-0.4, -0.2) is 11.6 Å². The predicted octanol–water partition coefficient (Wildman–Crippen LogP) is 4.58. The Hall–Kier alpha value is -1.74. The van der Waals surface area contributed by atoms with Gasteiger partial charge in [-0.05, 0) is 41.6 Å². The Labute approximate surface area is 117 Å². The largest absolute Gasteiger partial charge is 0.444 e. The van der Waals surface area contributed by atoms with Gasteiger partial charge in [-0.1, -0.05) is 54.6 Å². The lowest BCUT2D eigenvalue weighted by atomic mass is 9.97. The molecule has 1 unspecified atom stereocenters. The van der Waals surface area contributed by atoms with Gasteiger partial charge in [0.2, 0.25) is 0 Å². The summed E-state index contributed by atoms with van der Waals surface area (Å²) in [5.74, 6) is 0. The van der Waals surface area contributed by atoms with Crippen molar-refractivity contribution in [1.29, 1.82) is 0 Å². The average Bonchev–Trinajstić information content (AvgIpc) is 2.46. The van der Waals surface area contributed by atoms with Gasteiger partial charge < -0.3 is 4.74 Å². The Morgan fingerprint density at radius 3 is 2.32 bits per heavy atom.